The van der Waals surface area contributed by atoms with Crippen LogP contribution in [0.5, 0.6) is 0 Å². The zero-order chi connectivity index (χ0) is 13.4. The van der Waals surface area contributed by atoms with Crippen molar-refractivity contribution in [1.29, 1.82) is 0 Å². The van der Waals surface area contributed by atoms with Crippen LogP contribution in [-0.2, 0) is 9.84 Å². The average Bonchev–Trinajstić information content (AvgIpc) is 2.14. The average molecular weight is 380 g/mol. The van der Waals surface area contributed by atoms with Gasteiger partial charge in [0.15, 0.2) is 0 Å². The van der Waals surface area contributed by atoms with E-state index >= 15 is 0 Å². The highest BCUT2D eigenvalue weighted by molar-refractivity contribution is 14.1. The lowest BCUT2D eigenvalue weighted by Crippen LogP contribution is -2.23. The van der Waals surface area contributed by atoms with Gasteiger partial charge in [-0.25, -0.2) is 13.2 Å². The van der Waals surface area contributed by atoms with Gasteiger partial charge in [-0.15, -0.1) is 0 Å². The van der Waals surface area contributed by atoms with Gasteiger partial charge < -0.3 is 5.11 Å². The Morgan fingerprint density at radius 1 is 1.24 bits per heavy atom. The monoisotopic (exact) mass is 380 g/mol. The molecule has 0 aliphatic rings. The Labute approximate surface area is 108 Å². The van der Waals surface area contributed by atoms with Crippen LogP contribution < -0.4 is 0 Å². The fraction of sp³-hybridized carbons (Fsp3) is 0.125. The maximum absolute atomic E-state index is 12.2. The first-order valence-electron chi connectivity index (χ1n) is 3.91. The molecule has 94 valence electrons. The summed E-state index contributed by atoms with van der Waals surface area (Å²) in [5.74, 6) is -1.50. The molecule has 0 heterocycles. The molecule has 0 unspecified atom stereocenters. The Bertz CT molecular complexity index is 565. The molecule has 1 aromatic carbocycles. The first-order chi connectivity index (χ1) is 7.55. The molecule has 9 heteroatoms. The number of carboxylic acids is 1. The van der Waals surface area contributed by atoms with E-state index in [1.807, 2.05) is 0 Å². The topological polar surface area (TPSA) is 71.4 Å². The number of aromatic carboxylic acids is 1. The molecule has 0 aromatic heterocycles. The van der Waals surface area contributed by atoms with E-state index in [2.05, 4.69) is 0 Å². The van der Waals surface area contributed by atoms with Crippen LogP contribution in [0.4, 0.5) is 13.2 Å². The summed E-state index contributed by atoms with van der Waals surface area (Å²) in [6.07, 6.45) is 0. The van der Waals surface area contributed by atoms with Crippen LogP contribution in [0.15, 0.2) is 23.1 Å². The second kappa shape index (κ2) is 4.44. The van der Waals surface area contributed by atoms with Crippen LogP contribution in [0.2, 0.25) is 0 Å². The normalized spacial score (nSPS) is 12.5. The van der Waals surface area contributed by atoms with Crippen LogP contribution in [0.1, 0.15) is 10.4 Å². The van der Waals surface area contributed by atoms with Crippen LogP contribution >= 0.6 is 22.6 Å². The van der Waals surface area contributed by atoms with E-state index in [9.17, 15) is 26.4 Å². The number of hydrogen-bond donors (Lipinski definition) is 1. The summed E-state index contributed by atoms with van der Waals surface area (Å²) in [6.45, 7) is 0. The third-order valence-corrected chi connectivity index (χ3v) is 3.82. The minimum atomic E-state index is -5.52. The van der Waals surface area contributed by atoms with Crippen molar-refractivity contribution in [3.63, 3.8) is 0 Å². The molecule has 0 radical (unpaired) electrons. The first kappa shape index (κ1) is 14.2. The predicted octanol–water partition coefficient (Wildman–Crippen LogP) is 2.28. The molecule has 17 heavy (non-hydrogen) atoms. The highest BCUT2D eigenvalue weighted by atomic mass is 127. The third kappa shape index (κ3) is 2.89. The number of carboxylic acid groups (broad SMARTS) is 1. The van der Waals surface area contributed by atoms with Crippen LogP contribution in [0, 0.1) is 3.57 Å². The van der Waals surface area contributed by atoms with Crippen molar-refractivity contribution in [2.24, 2.45) is 0 Å². The van der Waals surface area contributed by atoms with Crippen molar-refractivity contribution in [3.05, 3.63) is 27.3 Å². The van der Waals surface area contributed by atoms with Crippen LogP contribution in [0.3, 0.4) is 0 Å². The van der Waals surface area contributed by atoms with E-state index < -0.39 is 31.8 Å². The third-order valence-electron chi connectivity index (χ3n) is 1.73. The van der Waals surface area contributed by atoms with Gasteiger partial charge in [-0.05, 0) is 40.8 Å². The van der Waals surface area contributed by atoms with E-state index in [1.165, 1.54) is 22.6 Å². The second-order valence-corrected chi connectivity index (χ2v) is 6.12. The molecule has 0 amide bonds. The Kier molecular flexibility index (Phi) is 3.72. The maximum Gasteiger partial charge on any atom is 0.501 e. The van der Waals surface area contributed by atoms with Gasteiger partial charge >= 0.3 is 11.5 Å². The quantitative estimate of drug-likeness (QED) is 0.800. The predicted molar refractivity (Wildman–Crippen MR) is 59.4 cm³/mol. The molecule has 0 fully saturated rings. The molecular formula is C8H4F3IO4S. The Morgan fingerprint density at radius 3 is 2.18 bits per heavy atom. The Hall–Kier alpha value is -0.840. The molecule has 1 aromatic rings. The smallest absolute Gasteiger partial charge is 0.478 e. The van der Waals surface area contributed by atoms with Crippen molar-refractivity contribution in [2.75, 3.05) is 0 Å². The number of rotatable bonds is 2. The lowest BCUT2D eigenvalue weighted by Gasteiger charge is -2.09. The van der Waals surface area contributed by atoms with Gasteiger partial charge in [0.2, 0.25) is 0 Å². The molecule has 0 saturated carbocycles. The van der Waals surface area contributed by atoms with Crippen LogP contribution in [0.25, 0.3) is 0 Å². The lowest BCUT2D eigenvalue weighted by atomic mass is 10.2. The van der Waals surface area contributed by atoms with E-state index in [-0.39, 0.29) is 3.57 Å². The van der Waals surface area contributed by atoms with E-state index in [4.69, 9.17) is 5.11 Å². The Balaban J connectivity index is 3.49. The van der Waals surface area contributed by atoms with E-state index in [1.54, 1.807) is 0 Å². The van der Waals surface area contributed by atoms with Gasteiger partial charge in [0, 0.05) is 3.57 Å². The fourth-order valence-corrected chi connectivity index (χ4v) is 2.69. The van der Waals surface area contributed by atoms with Crippen LogP contribution in [-0.4, -0.2) is 25.0 Å². The minimum Gasteiger partial charge on any atom is -0.478 e. The largest absolute Gasteiger partial charge is 0.501 e. The zero-order valence-electron chi connectivity index (χ0n) is 7.82. The molecule has 0 aliphatic carbocycles. The van der Waals surface area contributed by atoms with Crippen molar-refractivity contribution >= 4 is 38.4 Å². The van der Waals surface area contributed by atoms with E-state index in [0.29, 0.717) is 6.07 Å². The maximum atomic E-state index is 12.2. The first-order valence-corrected chi connectivity index (χ1v) is 6.47. The van der Waals surface area contributed by atoms with Crippen molar-refractivity contribution < 1.29 is 31.5 Å². The van der Waals surface area contributed by atoms with Crippen molar-refractivity contribution in [2.45, 2.75) is 10.4 Å². The van der Waals surface area contributed by atoms with Crippen molar-refractivity contribution in [1.82, 2.24) is 0 Å². The molecule has 0 saturated heterocycles. The summed E-state index contributed by atoms with van der Waals surface area (Å²) in [7, 11) is -5.52. The van der Waals surface area contributed by atoms with Gasteiger partial charge in [0.25, 0.3) is 9.84 Å². The summed E-state index contributed by atoms with van der Waals surface area (Å²) in [6, 6.07) is 2.31. The summed E-state index contributed by atoms with van der Waals surface area (Å²) >= 11 is 1.54. The molecular weight excluding hydrogens is 376 g/mol. The summed E-state index contributed by atoms with van der Waals surface area (Å²) in [5.41, 5.74) is -5.97. The summed E-state index contributed by atoms with van der Waals surface area (Å²) in [5, 5.41) is 8.62. The lowest BCUT2D eigenvalue weighted by molar-refractivity contribution is -0.0436. The summed E-state index contributed by atoms with van der Waals surface area (Å²) in [4.78, 5) is 9.53. The molecule has 0 atom stereocenters. The fourth-order valence-electron chi connectivity index (χ4n) is 0.975. The van der Waals surface area contributed by atoms with E-state index in [0.717, 1.165) is 12.1 Å². The number of alkyl halides is 3. The number of hydrogen-bond acceptors (Lipinski definition) is 3. The van der Waals surface area contributed by atoms with Gasteiger partial charge in [-0.3, -0.25) is 0 Å². The summed E-state index contributed by atoms with van der Waals surface area (Å²) < 4.78 is 58.9. The molecule has 1 N–H and O–H groups in total. The molecule has 0 spiro atoms. The SMILES string of the molecule is O=C(O)c1cc(I)cc(S(=O)(=O)C(F)(F)F)c1. The highest BCUT2D eigenvalue weighted by Crippen LogP contribution is 2.31. The van der Waals surface area contributed by atoms with Gasteiger partial charge in [-0.2, -0.15) is 13.2 Å². The van der Waals surface area contributed by atoms with Crippen molar-refractivity contribution in [3.8, 4) is 0 Å². The molecule has 0 bridgehead atoms. The van der Waals surface area contributed by atoms with Gasteiger partial charge in [0.1, 0.15) is 0 Å². The zero-order valence-corrected chi connectivity index (χ0v) is 10.8. The van der Waals surface area contributed by atoms with Gasteiger partial charge in [0.05, 0.1) is 10.5 Å². The number of halogens is 4. The second-order valence-electron chi connectivity index (χ2n) is 2.93. The standard InChI is InChI=1S/C8H4F3IO4S/c9-8(10,11)17(15,16)6-2-4(7(13)14)1-5(12)3-6/h1-3H,(H,13,14). The number of benzene rings is 1. The highest BCUT2D eigenvalue weighted by Gasteiger charge is 2.47. The number of sulfone groups is 1. The molecule has 4 nitrogen and oxygen atoms in total. The molecule has 0 aliphatic heterocycles. The number of carbonyl (C=O) groups is 1. The Morgan fingerprint density at radius 2 is 1.76 bits per heavy atom. The van der Waals surface area contributed by atoms with Gasteiger partial charge in [-0.1, -0.05) is 0 Å². The molecule has 1 rings (SSSR count). The minimum absolute atomic E-state index is 0.0883.